The molecular weight excluding hydrogens is 216 g/mol. The van der Waals surface area contributed by atoms with Gasteiger partial charge >= 0.3 is 0 Å². The van der Waals surface area contributed by atoms with Crippen molar-refractivity contribution in [2.75, 3.05) is 7.11 Å². The number of hydrogen-bond donors (Lipinski definition) is 1. The number of aryl methyl sites for hydroxylation is 1. The predicted molar refractivity (Wildman–Crippen MR) is 67.8 cm³/mol. The average molecular weight is 234 g/mol. The Balaban J connectivity index is 2.90. The number of carbonyl (C=O) groups excluding carboxylic acids is 1. The zero-order valence-corrected chi connectivity index (χ0v) is 10.5. The maximum Gasteiger partial charge on any atom is 0.166 e. The summed E-state index contributed by atoms with van der Waals surface area (Å²) in [6, 6.07) is 3.16. The molecule has 0 saturated heterocycles. The lowest BCUT2D eigenvalue weighted by molar-refractivity contribution is 0.0981. The van der Waals surface area contributed by atoms with Gasteiger partial charge in [0, 0.05) is 12.5 Å². The molecule has 0 heterocycles. The molecule has 0 amide bonds. The van der Waals surface area contributed by atoms with E-state index >= 15 is 0 Å². The van der Waals surface area contributed by atoms with Crippen LogP contribution in [0.25, 0.3) is 0 Å². The van der Waals surface area contributed by atoms with Crippen molar-refractivity contribution in [2.45, 2.75) is 26.7 Å². The molecule has 0 spiro atoms. The third-order valence-corrected chi connectivity index (χ3v) is 2.59. The van der Waals surface area contributed by atoms with Crippen molar-refractivity contribution in [3.05, 3.63) is 35.4 Å². The summed E-state index contributed by atoms with van der Waals surface area (Å²) in [6.07, 6.45) is 4.95. The second-order valence-electron chi connectivity index (χ2n) is 3.87. The highest BCUT2D eigenvalue weighted by atomic mass is 16.5. The Morgan fingerprint density at radius 3 is 2.76 bits per heavy atom. The Kier molecular flexibility index (Phi) is 4.76. The monoisotopic (exact) mass is 234 g/mol. The third-order valence-electron chi connectivity index (χ3n) is 2.59. The van der Waals surface area contributed by atoms with E-state index in [1.165, 1.54) is 13.2 Å². The van der Waals surface area contributed by atoms with Crippen LogP contribution in [0.4, 0.5) is 0 Å². The van der Waals surface area contributed by atoms with Gasteiger partial charge in [-0.2, -0.15) is 0 Å². The van der Waals surface area contributed by atoms with Crippen LogP contribution in [0.3, 0.4) is 0 Å². The van der Waals surface area contributed by atoms with Crippen LogP contribution < -0.4 is 4.74 Å². The molecule has 92 valence electrons. The predicted octanol–water partition coefficient (Wildman–Crippen LogP) is 3.25. The van der Waals surface area contributed by atoms with E-state index in [0.717, 1.165) is 5.56 Å². The van der Waals surface area contributed by atoms with Crippen molar-refractivity contribution in [2.24, 2.45) is 0 Å². The summed E-state index contributed by atoms with van der Waals surface area (Å²) in [6.45, 7) is 3.76. The van der Waals surface area contributed by atoms with E-state index in [1.807, 2.05) is 26.0 Å². The van der Waals surface area contributed by atoms with Crippen LogP contribution in [0, 0.1) is 6.92 Å². The summed E-state index contributed by atoms with van der Waals surface area (Å²) in [5, 5.41) is 9.75. The summed E-state index contributed by atoms with van der Waals surface area (Å²) in [5.74, 6) is 0.525. The van der Waals surface area contributed by atoms with E-state index in [4.69, 9.17) is 4.74 Å². The first-order valence-electron chi connectivity index (χ1n) is 5.62. The first kappa shape index (κ1) is 13.3. The molecule has 0 saturated carbocycles. The molecule has 0 fully saturated rings. The lowest BCUT2D eigenvalue weighted by Gasteiger charge is -2.09. The minimum absolute atomic E-state index is 0.0158. The normalized spacial score (nSPS) is 10.8. The molecule has 0 aliphatic carbocycles. The van der Waals surface area contributed by atoms with Gasteiger partial charge in [0.15, 0.2) is 5.78 Å². The van der Waals surface area contributed by atoms with Gasteiger partial charge in [0.1, 0.15) is 11.5 Å². The standard InChI is InChI=1S/C14H18O3/c1-4-5-6-7-12(15)11-8-10(2)14(17-3)9-13(11)16/h4-5,8-9,16H,6-7H2,1-3H3/b5-4+. The number of hydrogen-bond acceptors (Lipinski definition) is 3. The quantitative estimate of drug-likeness (QED) is 0.628. The Bertz CT molecular complexity index is 433. The van der Waals surface area contributed by atoms with Crippen molar-refractivity contribution in [3.8, 4) is 11.5 Å². The van der Waals surface area contributed by atoms with Gasteiger partial charge in [-0.25, -0.2) is 0 Å². The summed E-state index contributed by atoms with van der Waals surface area (Å²) < 4.78 is 5.08. The second-order valence-corrected chi connectivity index (χ2v) is 3.87. The summed E-state index contributed by atoms with van der Waals surface area (Å²) in [5.41, 5.74) is 1.22. The fraction of sp³-hybridized carbons (Fsp3) is 0.357. The van der Waals surface area contributed by atoms with Crippen molar-refractivity contribution >= 4 is 5.78 Å². The Morgan fingerprint density at radius 1 is 1.47 bits per heavy atom. The highest BCUT2D eigenvalue weighted by Crippen LogP contribution is 2.28. The van der Waals surface area contributed by atoms with E-state index in [0.29, 0.717) is 24.2 Å². The highest BCUT2D eigenvalue weighted by Gasteiger charge is 2.13. The van der Waals surface area contributed by atoms with Gasteiger partial charge in [-0.1, -0.05) is 12.2 Å². The fourth-order valence-electron chi connectivity index (χ4n) is 1.64. The van der Waals surface area contributed by atoms with E-state index in [2.05, 4.69) is 0 Å². The first-order chi connectivity index (χ1) is 8.10. The number of ether oxygens (including phenoxy) is 1. The van der Waals surface area contributed by atoms with E-state index in [-0.39, 0.29) is 11.5 Å². The number of phenols is 1. The minimum Gasteiger partial charge on any atom is -0.507 e. The number of Topliss-reactive ketones (excluding diaryl/α,β-unsaturated/α-hetero) is 1. The lowest BCUT2D eigenvalue weighted by Crippen LogP contribution is -2.00. The highest BCUT2D eigenvalue weighted by molar-refractivity contribution is 5.99. The van der Waals surface area contributed by atoms with E-state index < -0.39 is 0 Å². The number of methoxy groups -OCH3 is 1. The number of allylic oxidation sites excluding steroid dienone is 2. The molecule has 0 aliphatic heterocycles. The molecule has 0 bridgehead atoms. The van der Waals surface area contributed by atoms with Gasteiger partial charge in [-0.15, -0.1) is 0 Å². The zero-order valence-electron chi connectivity index (χ0n) is 10.5. The molecule has 1 rings (SSSR count). The molecule has 3 heteroatoms. The Hall–Kier alpha value is -1.77. The zero-order chi connectivity index (χ0) is 12.8. The summed E-state index contributed by atoms with van der Waals surface area (Å²) in [4.78, 5) is 11.9. The van der Waals surface area contributed by atoms with Crippen molar-refractivity contribution < 1.29 is 14.6 Å². The van der Waals surface area contributed by atoms with E-state index in [9.17, 15) is 9.90 Å². The smallest absolute Gasteiger partial charge is 0.166 e. The van der Waals surface area contributed by atoms with Crippen LogP contribution in [-0.4, -0.2) is 18.0 Å². The Morgan fingerprint density at radius 2 is 2.18 bits per heavy atom. The SMILES string of the molecule is C/C=C/CCC(=O)c1cc(C)c(OC)cc1O. The number of ketones is 1. The van der Waals surface area contributed by atoms with Gasteiger partial charge in [0.05, 0.1) is 12.7 Å². The molecule has 1 aromatic rings. The summed E-state index contributed by atoms with van der Waals surface area (Å²) in [7, 11) is 1.54. The molecule has 0 aromatic heterocycles. The van der Waals surface area contributed by atoms with Crippen LogP contribution >= 0.6 is 0 Å². The molecule has 1 aromatic carbocycles. The number of phenolic OH excluding ortho intramolecular Hbond substituents is 1. The first-order valence-corrected chi connectivity index (χ1v) is 5.62. The van der Waals surface area contributed by atoms with Gasteiger partial charge in [0.2, 0.25) is 0 Å². The Labute approximate surface area is 102 Å². The van der Waals surface area contributed by atoms with Crippen LogP contribution in [-0.2, 0) is 0 Å². The molecular formula is C14H18O3. The molecule has 1 N–H and O–H groups in total. The van der Waals surface area contributed by atoms with Crippen LogP contribution in [0.1, 0.15) is 35.7 Å². The van der Waals surface area contributed by atoms with Gasteiger partial charge in [0.25, 0.3) is 0 Å². The second kappa shape index (κ2) is 6.09. The maximum atomic E-state index is 11.9. The number of carbonyl (C=O) groups is 1. The van der Waals surface area contributed by atoms with Crippen molar-refractivity contribution in [3.63, 3.8) is 0 Å². The minimum atomic E-state index is -0.0497. The maximum absolute atomic E-state index is 11.9. The fourth-order valence-corrected chi connectivity index (χ4v) is 1.64. The molecule has 3 nitrogen and oxygen atoms in total. The van der Waals surface area contributed by atoms with Gasteiger partial charge in [-0.3, -0.25) is 4.79 Å². The average Bonchev–Trinajstić information content (AvgIpc) is 2.31. The number of benzene rings is 1. The third kappa shape index (κ3) is 3.34. The van der Waals surface area contributed by atoms with E-state index in [1.54, 1.807) is 6.07 Å². The molecule has 0 radical (unpaired) electrons. The molecule has 0 atom stereocenters. The molecule has 17 heavy (non-hydrogen) atoms. The molecule has 0 unspecified atom stereocenters. The van der Waals surface area contributed by atoms with Gasteiger partial charge in [-0.05, 0) is 31.9 Å². The van der Waals surface area contributed by atoms with Crippen molar-refractivity contribution in [1.82, 2.24) is 0 Å². The number of aromatic hydroxyl groups is 1. The topological polar surface area (TPSA) is 46.5 Å². The summed E-state index contributed by atoms with van der Waals surface area (Å²) >= 11 is 0. The lowest BCUT2D eigenvalue weighted by atomic mass is 10.0. The van der Waals surface area contributed by atoms with Crippen LogP contribution in [0.15, 0.2) is 24.3 Å². The van der Waals surface area contributed by atoms with Crippen LogP contribution in [0.2, 0.25) is 0 Å². The van der Waals surface area contributed by atoms with Crippen LogP contribution in [0.5, 0.6) is 11.5 Å². The number of rotatable bonds is 5. The largest absolute Gasteiger partial charge is 0.507 e. The van der Waals surface area contributed by atoms with Gasteiger partial charge < -0.3 is 9.84 Å². The van der Waals surface area contributed by atoms with Crippen molar-refractivity contribution in [1.29, 1.82) is 0 Å². The molecule has 0 aliphatic rings.